The molecule has 0 amide bonds. The number of aromatic nitrogens is 1. The van der Waals surface area contributed by atoms with Crippen LogP contribution in [0, 0.1) is 12.7 Å². The maximum absolute atomic E-state index is 13.3. The molecular weight excluding hydrogens is 233 g/mol. The molecule has 1 aromatic carbocycles. The molecule has 0 saturated carbocycles. The fourth-order valence-corrected chi connectivity index (χ4v) is 1.56. The average molecular weight is 247 g/mol. The number of ether oxygens (including phenoxy) is 1. The smallest absolute Gasteiger partial charge is 0.201 e. The van der Waals surface area contributed by atoms with Gasteiger partial charge in [-0.15, -0.1) is 0 Å². The summed E-state index contributed by atoms with van der Waals surface area (Å²) in [6.07, 6.45) is 3.51. The van der Waals surface area contributed by atoms with Crippen molar-refractivity contribution < 1.29 is 13.9 Å². The van der Waals surface area contributed by atoms with Crippen LogP contribution in [-0.2, 0) is 7.05 Å². The summed E-state index contributed by atoms with van der Waals surface area (Å²) >= 11 is 0. The summed E-state index contributed by atoms with van der Waals surface area (Å²) < 4.78 is 20.3. The van der Waals surface area contributed by atoms with Crippen molar-refractivity contribution in [3.63, 3.8) is 0 Å². The van der Waals surface area contributed by atoms with E-state index in [9.17, 15) is 9.18 Å². The molecule has 3 nitrogen and oxygen atoms in total. The Morgan fingerprint density at radius 2 is 2.17 bits per heavy atom. The molecule has 0 aliphatic carbocycles. The van der Waals surface area contributed by atoms with E-state index in [2.05, 4.69) is 0 Å². The van der Waals surface area contributed by atoms with Crippen LogP contribution in [0.15, 0.2) is 36.7 Å². The molecule has 0 aliphatic rings. The standard InChI is InChI=1S/C14H14FNO2/c1-10-3-4-12(7-13(10)15)18-9-14(17)11-5-6-16(2)8-11/h3-8H,9H2,1-2H3. The van der Waals surface area contributed by atoms with Crippen molar-refractivity contribution >= 4 is 5.78 Å². The Hall–Kier alpha value is -2.10. The van der Waals surface area contributed by atoms with Crippen LogP contribution in [0.25, 0.3) is 0 Å². The third kappa shape index (κ3) is 2.77. The van der Waals surface area contributed by atoms with Gasteiger partial charge < -0.3 is 9.30 Å². The minimum absolute atomic E-state index is 0.0908. The number of carbonyl (C=O) groups is 1. The van der Waals surface area contributed by atoms with Crippen LogP contribution in [0.2, 0.25) is 0 Å². The van der Waals surface area contributed by atoms with Crippen molar-refractivity contribution in [2.75, 3.05) is 6.61 Å². The monoisotopic (exact) mass is 247 g/mol. The van der Waals surface area contributed by atoms with Gasteiger partial charge in [0.05, 0.1) is 0 Å². The molecule has 0 unspecified atom stereocenters. The number of hydrogen-bond acceptors (Lipinski definition) is 2. The van der Waals surface area contributed by atoms with Gasteiger partial charge in [0.1, 0.15) is 11.6 Å². The molecule has 0 saturated heterocycles. The highest BCUT2D eigenvalue weighted by Gasteiger charge is 2.08. The molecule has 2 rings (SSSR count). The quantitative estimate of drug-likeness (QED) is 0.778. The maximum atomic E-state index is 13.3. The SMILES string of the molecule is Cc1ccc(OCC(=O)c2ccn(C)c2)cc1F. The molecule has 0 atom stereocenters. The van der Waals surface area contributed by atoms with Gasteiger partial charge in [0.2, 0.25) is 5.78 Å². The van der Waals surface area contributed by atoms with Crippen molar-refractivity contribution in [2.24, 2.45) is 7.05 Å². The summed E-state index contributed by atoms with van der Waals surface area (Å²) in [6, 6.07) is 6.28. The van der Waals surface area contributed by atoms with Crippen LogP contribution in [0.3, 0.4) is 0 Å². The zero-order valence-electron chi connectivity index (χ0n) is 10.3. The Kier molecular flexibility index (Phi) is 3.46. The molecule has 1 heterocycles. The summed E-state index contributed by atoms with van der Waals surface area (Å²) in [5, 5.41) is 0. The molecule has 2 aromatic rings. The predicted molar refractivity (Wildman–Crippen MR) is 66.4 cm³/mol. The van der Waals surface area contributed by atoms with Crippen LogP contribution < -0.4 is 4.74 Å². The fourth-order valence-electron chi connectivity index (χ4n) is 1.56. The highest BCUT2D eigenvalue weighted by molar-refractivity contribution is 5.97. The molecule has 0 radical (unpaired) electrons. The number of ketones is 1. The number of carbonyl (C=O) groups excluding carboxylic acids is 1. The van der Waals surface area contributed by atoms with Gasteiger partial charge in [-0.1, -0.05) is 6.07 Å². The van der Waals surface area contributed by atoms with Gasteiger partial charge in [0, 0.05) is 31.1 Å². The number of nitrogens with zero attached hydrogens (tertiary/aromatic N) is 1. The third-order valence-electron chi connectivity index (χ3n) is 2.67. The Morgan fingerprint density at radius 3 is 2.78 bits per heavy atom. The Bertz CT molecular complexity index is 575. The topological polar surface area (TPSA) is 31.2 Å². The minimum Gasteiger partial charge on any atom is -0.485 e. The van der Waals surface area contributed by atoms with E-state index < -0.39 is 0 Å². The van der Waals surface area contributed by atoms with E-state index in [0.29, 0.717) is 16.9 Å². The number of hydrogen-bond donors (Lipinski definition) is 0. The number of benzene rings is 1. The third-order valence-corrected chi connectivity index (χ3v) is 2.67. The van der Waals surface area contributed by atoms with Crippen LogP contribution in [0.4, 0.5) is 4.39 Å². The molecule has 18 heavy (non-hydrogen) atoms. The van der Waals surface area contributed by atoms with E-state index in [4.69, 9.17) is 4.74 Å². The molecule has 4 heteroatoms. The lowest BCUT2D eigenvalue weighted by atomic mass is 10.2. The number of halogens is 1. The largest absolute Gasteiger partial charge is 0.485 e. The second-order valence-corrected chi connectivity index (χ2v) is 4.19. The van der Waals surface area contributed by atoms with E-state index >= 15 is 0 Å². The molecule has 0 N–H and O–H groups in total. The van der Waals surface area contributed by atoms with Gasteiger partial charge >= 0.3 is 0 Å². The van der Waals surface area contributed by atoms with Gasteiger partial charge in [0.25, 0.3) is 0 Å². The van der Waals surface area contributed by atoms with Crippen molar-refractivity contribution in [3.05, 3.63) is 53.6 Å². The molecular formula is C14H14FNO2. The molecule has 0 bridgehead atoms. The summed E-state index contributed by atoms with van der Waals surface area (Å²) in [5.41, 5.74) is 1.14. The van der Waals surface area contributed by atoms with E-state index in [1.54, 1.807) is 42.1 Å². The Morgan fingerprint density at radius 1 is 1.39 bits per heavy atom. The lowest BCUT2D eigenvalue weighted by molar-refractivity contribution is 0.0921. The summed E-state index contributed by atoms with van der Waals surface area (Å²) in [4.78, 5) is 11.8. The first kappa shape index (κ1) is 12.4. The first-order chi connectivity index (χ1) is 8.56. The van der Waals surface area contributed by atoms with Crippen LogP contribution in [0.1, 0.15) is 15.9 Å². The van der Waals surface area contributed by atoms with E-state index in [-0.39, 0.29) is 18.2 Å². The second-order valence-electron chi connectivity index (χ2n) is 4.19. The zero-order chi connectivity index (χ0) is 13.1. The normalized spacial score (nSPS) is 10.4. The maximum Gasteiger partial charge on any atom is 0.201 e. The Balaban J connectivity index is 1.99. The number of aryl methyl sites for hydroxylation is 2. The van der Waals surface area contributed by atoms with Crippen molar-refractivity contribution in [2.45, 2.75) is 6.92 Å². The first-order valence-corrected chi connectivity index (χ1v) is 5.60. The highest BCUT2D eigenvalue weighted by Crippen LogP contribution is 2.16. The summed E-state index contributed by atoms with van der Waals surface area (Å²) in [7, 11) is 1.84. The first-order valence-electron chi connectivity index (χ1n) is 5.60. The van der Waals surface area contributed by atoms with Gasteiger partial charge in [-0.05, 0) is 24.6 Å². The van der Waals surface area contributed by atoms with Gasteiger partial charge in [-0.3, -0.25) is 4.79 Å². The number of Topliss-reactive ketones (excluding diaryl/α,β-unsaturated/α-hetero) is 1. The molecule has 0 aliphatic heterocycles. The van der Waals surface area contributed by atoms with Crippen molar-refractivity contribution in [3.8, 4) is 5.75 Å². The molecule has 0 fully saturated rings. The average Bonchev–Trinajstić information content (AvgIpc) is 2.77. The fraction of sp³-hybridized carbons (Fsp3) is 0.214. The van der Waals surface area contributed by atoms with Gasteiger partial charge in [-0.25, -0.2) is 4.39 Å². The lowest BCUT2D eigenvalue weighted by Crippen LogP contribution is -2.11. The van der Waals surface area contributed by atoms with E-state index in [1.807, 2.05) is 7.05 Å². The minimum atomic E-state index is -0.334. The Labute approximate surface area is 105 Å². The molecule has 1 aromatic heterocycles. The van der Waals surface area contributed by atoms with Crippen LogP contribution >= 0.6 is 0 Å². The molecule has 94 valence electrons. The second kappa shape index (κ2) is 5.04. The van der Waals surface area contributed by atoms with Crippen LogP contribution in [0.5, 0.6) is 5.75 Å². The summed E-state index contributed by atoms with van der Waals surface area (Å²) in [5.74, 6) is -0.0985. The van der Waals surface area contributed by atoms with Crippen LogP contribution in [-0.4, -0.2) is 17.0 Å². The van der Waals surface area contributed by atoms with Crippen molar-refractivity contribution in [1.29, 1.82) is 0 Å². The lowest BCUT2D eigenvalue weighted by Gasteiger charge is -2.05. The summed E-state index contributed by atoms with van der Waals surface area (Å²) in [6.45, 7) is 1.58. The van der Waals surface area contributed by atoms with Gasteiger partial charge in [-0.2, -0.15) is 0 Å². The van der Waals surface area contributed by atoms with Gasteiger partial charge in [0.15, 0.2) is 6.61 Å². The predicted octanol–water partition coefficient (Wildman–Crippen LogP) is 2.73. The number of rotatable bonds is 4. The highest BCUT2D eigenvalue weighted by atomic mass is 19.1. The van der Waals surface area contributed by atoms with E-state index in [0.717, 1.165) is 0 Å². The zero-order valence-corrected chi connectivity index (χ0v) is 10.3. The van der Waals surface area contributed by atoms with Crippen molar-refractivity contribution in [1.82, 2.24) is 4.57 Å². The van der Waals surface area contributed by atoms with E-state index in [1.165, 1.54) is 6.07 Å². The molecule has 0 spiro atoms.